The molecule has 0 aliphatic rings. The molecule has 1 aromatic rings. The van der Waals surface area contributed by atoms with Gasteiger partial charge in [-0.15, -0.1) is 8.78 Å². The first-order chi connectivity index (χ1) is 9.35. The van der Waals surface area contributed by atoms with Crippen molar-refractivity contribution in [1.29, 1.82) is 0 Å². The van der Waals surface area contributed by atoms with E-state index in [1.807, 2.05) is 0 Å². The van der Waals surface area contributed by atoms with Crippen molar-refractivity contribution >= 4 is 5.95 Å². The molecule has 0 aromatic carbocycles. The van der Waals surface area contributed by atoms with Crippen LogP contribution in [-0.2, 0) is 0 Å². The first-order valence-electron chi connectivity index (χ1n) is 5.11. The molecule has 1 atom stereocenters. The van der Waals surface area contributed by atoms with Crippen LogP contribution in [0.2, 0.25) is 0 Å². The van der Waals surface area contributed by atoms with Crippen molar-refractivity contribution in [2.24, 2.45) is 0 Å². The minimum atomic E-state index is -6.61. The van der Waals surface area contributed by atoms with E-state index in [1.54, 1.807) is 0 Å². The molecule has 4 nitrogen and oxygen atoms in total. The van der Waals surface area contributed by atoms with Gasteiger partial charge in [-0.05, 0) is 13.0 Å². The third-order valence-electron chi connectivity index (χ3n) is 2.37. The highest BCUT2D eigenvalue weighted by Crippen LogP contribution is 2.46. The fourth-order valence-electron chi connectivity index (χ4n) is 1.19. The molecule has 0 aliphatic heterocycles. The number of hydroxylamine groups is 1. The van der Waals surface area contributed by atoms with Gasteiger partial charge in [0.05, 0.1) is 0 Å². The molecule has 1 rings (SSSR count). The second-order valence-electron chi connectivity index (χ2n) is 3.92. The fourth-order valence-corrected chi connectivity index (χ4v) is 1.19. The molecule has 12 heteroatoms. The summed E-state index contributed by atoms with van der Waals surface area (Å²) in [6.45, 7) is 1.18. The summed E-state index contributed by atoms with van der Waals surface area (Å²) in [6, 6.07) is -5.00. The van der Waals surface area contributed by atoms with Crippen molar-refractivity contribution in [2.75, 3.05) is 0 Å². The highest BCUT2D eigenvalue weighted by molar-refractivity contribution is 5.09. The maximum absolute atomic E-state index is 13.3. The second kappa shape index (κ2) is 5.33. The molecular formula is C9H7F8N3O. The number of nitrogens with zero attached hydrogens (tertiary/aromatic N) is 2. The van der Waals surface area contributed by atoms with Crippen LogP contribution in [0.25, 0.3) is 0 Å². The Balaban J connectivity index is 3.26. The standard InChI is InChI=1S/C9H7F8N3O/c1-4-2-3-18-6(19-4)20(21)9(16,17)8(14,15)7(12,13)5(10)11/h2-3,5,20H,1H3. The molecule has 1 N–H and O–H groups in total. The predicted molar refractivity (Wildman–Crippen MR) is 51.6 cm³/mol. The Kier molecular flexibility index (Phi) is 4.44. The lowest BCUT2D eigenvalue weighted by Gasteiger charge is -2.35. The monoisotopic (exact) mass is 325 g/mol. The van der Waals surface area contributed by atoms with Gasteiger partial charge in [-0.3, -0.25) is 0 Å². The SMILES string of the molecule is Cc1ccnc([NH+]([O-])C(F)(F)C(F)(F)C(F)(F)C(F)F)n1. The van der Waals surface area contributed by atoms with E-state index in [2.05, 4.69) is 9.97 Å². The molecule has 0 aliphatic carbocycles. The van der Waals surface area contributed by atoms with E-state index in [9.17, 15) is 40.3 Å². The maximum Gasteiger partial charge on any atom is 0.467 e. The number of aryl methyl sites for hydroxylation is 1. The number of alkyl halides is 8. The third kappa shape index (κ3) is 2.77. The quantitative estimate of drug-likeness (QED) is 0.511. The molecule has 21 heavy (non-hydrogen) atoms. The van der Waals surface area contributed by atoms with Crippen LogP contribution in [-0.4, -0.2) is 34.3 Å². The highest BCUT2D eigenvalue weighted by Gasteiger charge is 2.80. The van der Waals surface area contributed by atoms with Crippen molar-refractivity contribution in [3.63, 3.8) is 0 Å². The summed E-state index contributed by atoms with van der Waals surface area (Å²) in [5, 5.41) is 8.32. The minimum Gasteiger partial charge on any atom is -0.622 e. The smallest absolute Gasteiger partial charge is 0.467 e. The van der Waals surface area contributed by atoms with Crippen LogP contribution in [0, 0.1) is 12.1 Å². The number of nitrogens with one attached hydrogen (secondary N) is 1. The molecule has 0 amide bonds. The Labute approximate surface area is 112 Å². The normalized spacial score (nSPS) is 15.4. The summed E-state index contributed by atoms with van der Waals surface area (Å²) < 4.78 is 102. The number of hydrogen-bond donors (Lipinski definition) is 1. The Morgan fingerprint density at radius 1 is 1.14 bits per heavy atom. The molecule has 0 radical (unpaired) electrons. The van der Waals surface area contributed by atoms with Crippen LogP contribution in [0.3, 0.4) is 0 Å². The van der Waals surface area contributed by atoms with Gasteiger partial charge in [-0.1, -0.05) is 0 Å². The van der Waals surface area contributed by atoms with Crippen LogP contribution in [0.4, 0.5) is 41.1 Å². The van der Waals surface area contributed by atoms with Crippen LogP contribution in [0.15, 0.2) is 12.3 Å². The molecule has 0 saturated heterocycles. The van der Waals surface area contributed by atoms with E-state index >= 15 is 0 Å². The first-order valence-corrected chi connectivity index (χ1v) is 5.11. The van der Waals surface area contributed by atoms with Gasteiger partial charge in [0.2, 0.25) is 0 Å². The van der Waals surface area contributed by atoms with E-state index in [-0.39, 0.29) is 5.69 Å². The van der Waals surface area contributed by atoms with Crippen molar-refractivity contribution in [3.8, 4) is 0 Å². The van der Waals surface area contributed by atoms with E-state index in [4.69, 9.17) is 0 Å². The zero-order valence-corrected chi connectivity index (χ0v) is 10.1. The zero-order valence-electron chi connectivity index (χ0n) is 10.1. The summed E-state index contributed by atoms with van der Waals surface area (Å²) in [4.78, 5) is 6.01. The van der Waals surface area contributed by atoms with Crippen molar-refractivity contribution < 1.29 is 40.2 Å². The van der Waals surface area contributed by atoms with Gasteiger partial charge < -0.3 is 5.21 Å². The Morgan fingerprint density at radius 3 is 2.10 bits per heavy atom. The number of aromatic nitrogens is 2. The number of quaternary nitrogens is 1. The Morgan fingerprint density at radius 2 is 1.67 bits per heavy atom. The summed E-state index contributed by atoms with van der Waals surface area (Å²) in [7, 11) is 0. The van der Waals surface area contributed by atoms with Gasteiger partial charge >= 0.3 is 30.3 Å². The maximum atomic E-state index is 13.3. The molecule has 0 spiro atoms. The summed E-state index contributed by atoms with van der Waals surface area (Å²) in [5.74, 6) is -14.5. The van der Waals surface area contributed by atoms with Crippen molar-refractivity contribution in [2.45, 2.75) is 31.2 Å². The van der Waals surface area contributed by atoms with Crippen LogP contribution < -0.4 is 5.06 Å². The molecule has 0 fully saturated rings. The van der Waals surface area contributed by atoms with Crippen LogP contribution in [0.1, 0.15) is 5.69 Å². The highest BCUT2D eigenvalue weighted by atomic mass is 19.4. The molecule has 120 valence electrons. The van der Waals surface area contributed by atoms with Crippen LogP contribution in [0.5, 0.6) is 0 Å². The number of hydrogen-bond acceptors (Lipinski definition) is 3. The summed E-state index contributed by atoms with van der Waals surface area (Å²) in [5.41, 5.74) is -0.0897. The van der Waals surface area contributed by atoms with Gasteiger partial charge in [0.15, 0.2) is 0 Å². The van der Waals surface area contributed by atoms with E-state index in [1.165, 1.54) is 6.92 Å². The average molecular weight is 325 g/mol. The summed E-state index contributed by atoms with van der Waals surface area (Å²) >= 11 is 0. The fraction of sp³-hybridized carbons (Fsp3) is 0.556. The lowest BCUT2D eigenvalue weighted by molar-refractivity contribution is -0.909. The van der Waals surface area contributed by atoms with Crippen LogP contribution >= 0.6 is 0 Å². The molecule has 1 unspecified atom stereocenters. The van der Waals surface area contributed by atoms with Crippen molar-refractivity contribution in [1.82, 2.24) is 9.97 Å². The van der Waals surface area contributed by atoms with Gasteiger partial charge in [0.25, 0.3) is 0 Å². The Hall–Kier alpha value is -1.56. The largest absolute Gasteiger partial charge is 0.622 e. The Bertz CT molecular complexity index is 510. The minimum absolute atomic E-state index is 0.0897. The lowest BCUT2D eigenvalue weighted by Crippen LogP contribution is -3.14. The topological polar surface area (TPSA) is 53.3 Å². The number of halogens is 8. The van der Waals surface area contributed by atoms with E-state index < -0.39 is 35.3 Å². The molecule has 1 heterocycles. The van der Waals surface area contributed by atoms with Gasteiger partial charge in [0, 0.05) is 11.9 Å². The third-order valence-corrected chi connectivity index (χ3v) is 2.37. The molecule has 0 bridgehead atoms. The lowest BCUT2D eigenvalue weighted by atomic mass is 10.1. The van der Waals surface area contributed by atoms with Gasteiger partial charge in [-0.2, -0.15) is 27.5 Å². The zero-order chi connectivity index (χ0) is 16.6. The van der Waals surface area contributed by atoms with Gasteiger partial charge in [0.1, 0.15) is 0 Å². The van der Waals surface area contributed by atoms with Gasteiger partial charge in [-0.25, -0.2) is 13.8 Å². The second-order valence-corrected chi connectivity index (χ2v) is 3.92. The van der Waals surface area contributed by atoms with Crippen molar-refractivity contribution in [3.05, 3.63) is 23.2 Å². The average Bonchev–Trinajstić information content (AvgIpc) is 2.37. The van der Waals surface area contributed by atoms with E-state index in [0.29, 0.717) is 0 Å². The van der Waals surface area contributed by atoms with E-state index in [0.717, 1.165) is 12.3 Å². The number of rotatable bonds is 5. The summed E-state index contributed by atoms with van der Waals surface area (Å²) in [6.07, 6.45) is -4.35. The predicted octanol–water partition coefficient (Wildman–Crippen LogP) is 1.93. The first kappa shape index (κ1) is 17.5. The molecule has 0 saturated carbocycles. The molecular weight excluding hydrogens is 318 g/mol. The molecule has 1 aromatic heterocycles.